The molecule has 0 unspecified atom stereocenters. The molecule has 1 aromatic carbocycles. The SMILES string of the molecule is [C-]#[N+]c1cnc(Nc2cc(-c3ccc(CCCN4CCOCC4)cc3OC)[nH]n2)cn1. The third kappa shape index (κ3) is 5.36. The molecule has 0 atom stereocenters. The molecule has 0 bridgehead atoms. The first-order valence-corrected chi connectivity index (χ1v) is 10.2. The largest absolute Gasteiger partial charge is 0.496 e. The van der Waals surface area contributed by atoms with Gasteiger partial charge in [0.25, 0.3) is 5.82 Å². The van der Waals surface area contributed by atoms with Gasteiger partial charge in [-0.3, -0.25) is 10.00 Å². The maximum atomic E-state index is 6.94. The van der Waals surface area contributed by atoms with Crippen molar-refractivity contribution in [2.45, 2.75) is 12.8 Å². The Hall–Kier alpha value is -3.48. The van der Waals surface area contributed by atoms with Crippen LogP contribution in [0.1, 0.15) is 12.0 Å². The minimum atomic E-state index is 0.253. The number of ether oxygens (including phenoxy) is 2. The predicted octanol–water partition coefficient (Wildman–Crippen LogP) is 3.43. The van der Waals surface area contributed by atoms with Crippen molar-refractivity contribution < 1.29 is 9.47 Å². The Balaban J connectivity index is 1.40. The summed E-state index contributed by atoms with van der Waals surface area (Å²) in [4.78, 5) is 13.8. The Morgan fingerprint density at radius 3 is 2.81 bits per heavy atom. The van der Waals surface area contributed by atoms with Gasteiger partial charge in [-0.05, 0) is 37.1 Å². The van der Waals surface area contributed by atoms with Gasteiger partial charge in [0.15, 0.2) is 17.8 Å². The van der Waals surface area contributed by atoms with Gasteiger partial charge in [0.2, 0.25) is 0 Å². The van der Waals surface area contributed by atoms with Crippen molar-refractivity contribution in [3.8, 4) is 17.0 Å². The summed E-state index contributed by atoms with van der Waals surface area (Å²) in [5.41, 5.74) is 3.03. The van der Waals surface area contributed by atoms with Crippen LogP contribution in [-0.4, -0.2) is 65.0 Å². The minimum absolute atomic E-state index is 0.253. The molecule has 0 amide bonds. The molecular formula is C22H25N7O2. The molecule has 9 nitrogen and oxygen atoms in total. The molecular weight excluding hydrogens is 394 g/mol. The highest BCUT2D eigenvalue weighted by atomic mass is 16.5. The van der Waals surface area contributed by atoms with Crippen molar-refractivity contribution >= 4 is 17.5 Å². The van der Waals surface area contributed by atoms with Crippen LogP contribution in [0.5, 0.6) is 5.75 Å². The number of nitrogens with zero attached hydrogens (tertiary/aromatic N) is 5. The average Bonchev–Trinajstić information content (AvgIpc) is 3.28. The second-order valence-corrected chi connectivity index (χ2v) is 7.26. The van der Waals surface area contributed by atoms with Gasteiger partial charge in [-0.25, -0.2) is 4.98 Å². The third-order valence-electron chi connectivity index (χ3n) is 5.19. The van der Waals surface area contributed by atoms with E-state index in [1.807, 2.05) is 6.07 Å². The van der Waals surface area contributed by atoms with E-state index in [4.69, 9.17) is 16.0 Å². The maximum absolute atomic E-state index is 6.94. The molecule has 1 aliphatic rings. The second kappa shape index (κ2) is 10.0. The molecule has 3 heterocycles. The molecule has 0 aliphatic carbocycles. The molecule has 160 valence electrons. The van der Waals surface area contributed by atoms with Crippen LogP contribution in [0.3, 0.4) is 0 Å². The van der Waals surface area contributed by atoms with Gasteiger partial charge in [-0.2, -0.15) is 5.10 Å². The fraction of sp³-hybridized carbons (Fsp3) is 0.364. The zero-order valence-electron chi connectivity index (χ0n) is 17.5. The van der Waals surface area contributed by atoms with E-state index in [0.29, 0.717) is 11.6 Å². The van der Waals surface area contributed by atoms with Crippen molar-refractivity contribution in [3.05, 3.63) is 53.6 Å². The normalized spacial score (nSPS) is 14.2. The van der Waals surface area contributed by atoms with Crippen LogP contribution in [0.15, 0.2) is 36.7 Å². The van der Waals surface area contributed by atoms with Crippen LogP contribution < -0.4 is 10.1 Å². The summed E-state index contributed by atoms with van der Waals surface area (Å²) in [6.45, 7) is 11.7. The molecule has 2 N–H and O–H groups in total. The van der Waals surface area contributed by atoms with Crippen LogP contribution in [0.2, 0.25) is 0 Å². The fourth-order valence-corrected chi connectivity index (χ4v) is 3.54. The van der Waals surface area contributed by atoms with Gasteiger partial charge >= 0.3 is 0 Å². The monoisotopic (exact) mass is 419 g/mol. The number of morpholine rings is 1. The van der Waals surface area contributed by atoms with Crippen LogP contribution in [0.4, 0.5) is 17.5 Å². The molecule has 4 rings (SSSR count). The topological polar surface area (TPSA) is 92.6 Å². The standard InChI is InChI=1S/C22H25N7O2/c1-23-21-14-25-22(15-24-21)26-20-13-18(27-28-20)17-6-5-16(12-19(17)30-2)4-3-7-29-8-10-31-11-9-29/h5-6,12-15H,3-4,7-11H2,2H3,(H2,25,26,27,28). The molecule has 0 radical (unpaired) electrons. The van der Waals surface area contributed by atoms with Gasteiger partial charge in [0, 0.05) is 24.7 Å². The highest BCUT2D eigenvalue weighted by Crippen LogP contribution is 2.31. The first-order chi connectivity index (χ1) is 15.2. The molecule has 1 aliphatic heterocycles. The number of nitrogens with one attached hydrogen (secondary N) is 2. The highest BCUT2D eigenvalue weighted by Gasteiger charge is 2.13. The second-order valence-electron chi connectivity index (χ2n) is 7.26. The Morgan fingerprint density at radius 2 is 2.06 bits per heavy atom. The lowest BCUT2D eigenvalue weighted by molar-refractivity contribution is 0.0374. The molecule has 3 aromatic rings. The lowest BCUT2D eigenvalue weighted by Crippen LogP contribution is -2.36. The molecule has 9 heteroatoms. The van der Waals surface area contributed by atoms with E-state index in [-0.39, 0.29) is 5.82 Å². The average molecular weight is 419 g/mol. The number of hydrogen-bond donors (Lipinski definition) is 2. The summed E-state index contributed by atoms with van der Waals surface area (Å²) in [6.07, 6.45) is 5.04. The lowest BCUT2D eigenvalue weighted by Gasteiger charge is -2.26. The number of aromatic amines is 1. The van der Waals surface area contributed by atoms with Crippen LogP contribution in [0.25, 0.3) is 16.1 Å². The summed E-state index contributed by atoms with van der Waals surface area (Å²) in [6, 6.07) is 8.18. The molecule has 0 spiro atoms. The predicted molar refractivity (Wildman–Crippen MR) is 118 cm³/mol. The Bertz CT molecular complexity index is 1040. The Labute approximate surface area is 181 Å². The summed E-state index contributed by atoms with van der Waals surface area (Å²) in [7, 11) is 1.68. The maximum Gasteiger partial charge on any atom is 0.288 e. The smallest absolute Gasteiger partial charge is 0.288 e. The Kier molecular flexibility index (Phi) is 6.72. The highest BCUT2D eigenvalue weighted by molar-refractivity contribution is 5.71. The number of aryl methyl sites for hydroxylation is 1. The van der Waals surface area contributed by atoms with Crippen LogP contribution in [0, 0.1) is 6.57 Å². The van der Waals surface area contributed by atoms with E-state index in [1.165, 1.54) is 18.0 Å². The van der Waals surface area contributed by atoms with E-state index >= 15 is 0 Å². The number of hydrogen-bond acceptors (Lipinski definition) is 7. The van der Waals surface area contributed by atoms with E-state index in [9.17, 15) is 0 Å². The van der Waals surface area contributed by atoms with Gasteiger partial charge in [-0.15, -0.1) is 4.98 Å². The molecule has 1 fully saturated rings. The number of benzene rings is 1. The fourth-order valence-electron chi connectivity index (χ4n) is 3.54. The zero-order chi connectivity index (χ0) is 21.5. The van der Waals surface area contributed by atoms with Crippen molar-refractivity contribution in [2.24, 2.45) is 0 Å². The first kappa shape index (κ1) is 20.8. The van der Waals surface area contributed by atoms with Crippen molar-refractivity contribution in [3.63, 3.8) is 0 Å². The summed E-state index contributed by atoms with van der Waals surface area (Å²) in [5, 5.41) is 10.4. The van der Waals surface area contributed by atoms with Crippen LogP contribution >= 0.6 is 0 Å². The molecule has 0 saturated carbocycles. The summed E-state index contributed by atoms with van der Waals surface area (Å²) in [5.74, 6) is 2.19. The first-order valence-electron chi connectivity index (χ1n) is 10.2. The lowest BCUT2D eigenvalue weighted by atomic mass is 10.0. The zero-order valence-corrected chi connectivity index (χ0v) is 17.5. The van der Waals surface area contributed by atoms with Crippen molar-refractivity contribution in [1.82, 2.24) is 25.1 Å². The number of H-pyrrole nitrogens is 1. The van der Waals surface area contributed by atoms with Crippen molar-refractivity contribution in [2.75, 3.05) is 45.3 Å². The quantitative estimate of drug-likeness (QED) is 0.540. The van der Waals surface area contributed by atoms with Gasteiger partial charge < -0.3 is 19.6 Å². The minimum Gasteiger partial charge on any atom is -0.496 e. The van der Waals surface area contributed by atoms with Crippen LogP contribution in [-0.2, 0) is 11.2 Å². The van der Waals surface area contributed by atoms with E-state index in [0.717, 1.165) is 62.7 Å². The van der Waals surface area contributed by atoms with Gasteiger partial charge in [-0.1, -0.05) is 12.6 Å². The summed E-state index contributed by atoms with van der Waals surface area (Å²) >= 11 is 0. The van der Waals surface area contributed by atoms with E-state index in [1.54, 1.807) is 7.11 Å². The molecule has 2 aromatic heterocycles. The van der Waals surface area contributed by atoms with E-state index < -0.39 is 0 Å². The van der Waals surface area contributed by atoms with Gasteiger partial charge in [0.1, 0.15) is 5.75 Å². The molecule has 31 heavy (non-hydrogen) atoms. The number of aromatic nitrogens is 4. The number of rotatable bonds is 8. The third-order valence-corrected chi connectivity index (χ3v) is 5.19. The van der Waals surface area contributed by atoms with E-state index in [2.05, 4.69) is 53.4 Å². The Morgan fingerprint density at radius 1 is 1.19 bits per heavy atom. The molecule has 1 saturated heterocycles. The number of methoxy groups -OCH3 is 1. The van der Waals surface area contributed by atoms with Gasteiger partial charge in [0.05, 0.1) is 32.2 Å². The van der Waals surface area contributed by atoms with Crippen molar-refractivity contribution in [1.29, 1.82) is 0 Å². The summed E-state index contributed by atoms with van der Waals surface area (Å²) < 4.78 is 11.1. The number of anilines is 2.